The van der Waals surface area contributed by atoms with Gasteiger partial charge in [0.25, 0.3) is 0 Å². The van der Waals surface area contributed by atoms with Crippen LogP contribution in [0.1, 0.15) is 18.1 Å². The Balaban J connectivity index is 1.56. The van der Waals surface area contributed by atoms with Crippen LogP contribution in [0.5, 0.6) is 11.5 Å². The summed E-state index contributed by atoms with van der Waals surface area (Å²) in [5.41, 5.74) is 4.42. The van der Waals surface area contributed by atoms with Crippen LogP contribution >= 0.6 is 0 Å². The Hall–Kier alpha value is -3.28. The lowest BCUT2D eigenvalue weighted by Gasteiger charge is -2.14. The summed E-state index contributed by atoms with van der Waals surface area (Å²) in [7, 11) is 0. The van der Waals surface area contributed by atoms with Gasteiger partial charge in [0.05, 0.1) is 0 Å². The standard InChI is InChI=1S/C20H20N4O2/c1-3-14-6-4-5-13(2)20(14)24-19-10-18(21-11-22-19)23-15-7-8-16-17(9-15)26-12-25-16/h4-11H,3,12H2,1-2H3,(H2,21,22,23,24). The third-order valence-corrected chi connectivity index (χ3v) is 4.31. The molecule has 0 radical (unpaired) electrons. The molecule has 1 aromatic heterocycles. The van der Waals surface area contributed by atoms with Crippen molar-refractivity contribution in [2.45, 2.75) is 20.3 Å². The second-order valence-corrected chi connectivity index (χ2v) is 6.07. The predicted molar refractivity (Wildman–Crippen MR) is 102 cm³/mol. The van der Waals surface area contributed by atoms with Gasteiger partial charge in [-0.2, -0.15) is 0 Å². The number of aromatic nitrogens is 2. The lowest BCUT2D eigenvalue weighted by Crippen LogP contribution is -2.02. The van der Waals surface area contributed by atoms with Crippen LogP contribution in [-0.2, 0) is 6.42 Å². The van der Waals surface area contributed by atoms with Crippen molar-refractivity contribution in [3.63, 3.8) is 0 Å². The molecule has 2 N–H and O–H groups in total. The average molecular weight is 348 g/mol. The average Bonchev–Trinajstić information content (AvgIpc) is 3.11. The van der Waals surface area contributed by atoms with Gasteiger partial charge in [-0.25, -0.2) is 9.97 Å². The lowest BCUT2D eigenvalue weighted by molar-refractivity contribution is 0.174. The van der Waals surface area contributed by atoms with E-state index in [1.165, 1.54) is 11.1 Å². The van der Waals surface area contributed by atoms with Gasteiger partial charge in [-0.3, -0.25) is 0 Å². The van der Waals surface area contributed by atoms with Crippen molar-refractivity contribution >= 4 is 23.0 Å². The summed E-state index contributed by atoms with van der Waals surface area (Å²) in [4.78, 5) is 8.64. The van der Waals surface area contributed by atoms with Gasteiger partial charge < -0.3 is 20.1 Å². The topological polar surface area (TPSA) is 68.3 Å². The number of aryl methyl sites for hydroxylation is 2. The SMILES string of the molecule is CCc1cccc(C)c1Nc1cc(Nc2ccc3c(c2)OCO3)ncn1. The molecule has 0 saturated carbocycles. The molecule has 3 aromatic rings. The minimum Gasteiger partial charge on any atom is -0.454 e. The van der Waals surface area contributed by atoms with Crippen LogP contribution in [0.2, 0.25) is 0 Å². The van der Waals surface area contributed by atoms with Crippen LogP contribution in [0.3, 0.4) is 0 Å². The van der Waals surface area contributed by atoms with E-state index in [4.69, 9.17) is 9.47 Å². The smallest absolute Gasteiger partial charge is 0.231 e. The number of nitrogens with one attached hydrogen (secondary N) is 2. The van der Waals surface area contributed by atoms with Crippen molar-refractivity contribution in [1.29, 1.82) is 0 Å². The molecule has 0 unspecified atom stereocenters. The molecule has 0 fully saturated rings. The van der Waals surface area contributed by atoms with Crippen LogP contribution in [0.25, 0.3) is 0 Å². The molecule has 1 aliphatic heterocycles. The Labute approximate surface area is 152 Å². The number of hydrogen-bond donors (Lipinski definition) is 2. The van der Waals surface area contributed by atoms with E-state index in [2.05, 4.69) is 52.6 Å². The maximum Gasteiger partial charge on any atom is 0.231 e. The van der Waals surface area contributed by atoms with Crippen LogP contribution < -0.4 is 20.1 Å². The number of anilines is 4. The van der Waals surface area contributed by atoms with E-state index in [1.807, 2.05) is 24.3 Å². The van der Waals surface area contributed by atoms with E-state index < -0.39 is 0 Å². The van der Waals surface area contributed by atoms with E-state index in [1.54, 1.807) is 6.33 Å². The summed E-state index contributed by atoms with van der Waals surface area (Å²) in [6.45, 7) is 4.50. The zero-order valence-corrected chi connectivity index (χ0v) is 14.7. The zero-order valence-electron chi connectivity index (χ0n) is 14.7. The first-order chi connectivity index (χ1) is 12.7. The van der Waals surface area contributed by atoms with Gasteiger partial charge in [0.2, 0.25) is 6.79 Å². The summed E-state index contributed by atoms with van der Waals surface area (Å²) < 4.78 is 10.7. The number of para-hydroxylation sites is 1. The van der Waals surface area contributed by atoms with Crippen LogP contribution in [0, 0.1) is 6.92 Å². The maximum atomic E-state index is 5.41. The van der Waals surface area contributed by atoms with Gasteiger partial charge in [0, 0.05) is 23.5 Å². The highest BCUT2D eigenvalue weighted by molar-refractivity contribution is 5.68. The first-order valence-corrected chi connectivity index (χ1v) is 8.57. The minimum absolute atomic E-state index is 0.260. The van der Waals surface area contributed by atoms with Gasteiger partial charge in [-0.1, -0.05) is 25.1 Å². The number of fused-ring (bicyclic) bond motifs is 1. The van der Waals surface area contributed by atoms with Gasteiger partial charge in [-0.15, -0.1) is 0 Å². The zero-order chi connectivity index (χ0) is 17.9. The molecule has 1 aliphatic rings. The van der Waals surface area contributed by atoms with Gasteiger partial charge in [0.1, 0.15) is 18.0 Å². The van der Waals surface area contributed by atoms with Crippen LogP contribution in [-0.4, -0.2) is 16.8 Å². The Bertz CT molecular complexity index is 943. The molecule has 0 spiro atoms. The molecule has 132 valence electrons. The van der Waals surface area contributed by atoms with Gasteiger partial charge in [0.15, 0.2) is 11.5 Å². The summed E-state index contributed by atoms with van der Waals surface area (Å²) in [6, 6.07) is 13.9. The van der Waals surface area contributed by atoms with Crippen molar-refractivity contribution in [3.05, 3.63) is 59.9 Å². The molecule has 6 heteroatoms. The van der Waals surface area contributed by atoms with Crippen molar-refractivity contribution in [3.8, 4) is 11.5 Å². The number of rotatable bonds is 5. The van der Waals surface area contributed by atoms with E-state index >= 15 is 0 Å². The van der Waals surface area contributed by atoms with E-state index in [-0.39, 0.29) is 6.79 Å². The Morgan fingerprint density at radius 1 is 0.962 bits per heavy atom. The first-order valence-electron chi connectivity index (χ1n) is 8.57. The molecule has 0 aliphatic carbocycles. The summed E-state index contributed by atoms with van der Waals surface area (Å²) in [6.07, 6.45) is 2.50. The number of hydrogen-bond acceptors (Lipinski definition) is 6. The molecule has 4 rings (SSSR count). The fraction of sp³-hybridized carbons (Fsp3) is 0.200. The number of nitrogens with zero attached hydrogens (tertiary/aromatic N) is 2. The fourth-order valence-electron chi connectivity index (χ4n) is 2.95. The molecule has 0 amide bonds. The first kappa shape index (κ1) is 16.2. The highest BCUT2D eigenvalue weighted by atomic mass is 16.7. The summed E-state index contributed by atoms with van der Waals surface area (Å²) in [5.74, 6) is 2.93. The van der Waals surface area contributed by atoms with Crippen LogP contribution in [0.15, 0.2) is 48.8 Å². The lowest BCUT2D eigenvalue weighted by atomic mass is 10.1. The quantitative estimate of drug-likeness (QED) is 0.704. The molecule has 0 atom stereocenters. The maximum absolute atomic E-state index is 5.41. The monoisotopic (exact) mass is 348 g/mol. The van der Waals surface area contributed by atoms with Gasteiger partial charge in [-0.05, 0) is 36.6 Å². The molecular formula is C20H20N4O2. The molecule has 6 nitrogen and oxygen atoms in total. The molecular weight excluding hydrogens is 328 g/mol. The second kappa shape index (κ2) is 6.92. The molecule has 2 heterocycles. The highest BCUT2D eigenvalue weighted by Gasteiger charge is 2.13. The molecule has 2 aromatic carbocycles. The molecule has 0 saturated heterocycles. The van der Waals surface area contributed by atoms with E-state index in [9.17, 15) is 0 Å². The van der Waals surface area contributed by atoms with Crippen molar-refractivity contribution in [2.75, 3.05) is 17.4 Å². The van der Waals surface area contributed by atoms with Crippen LogP contribution in [0.4, 0.5) is 23.0 Å². The largest absolute Gasteiger partial charge is 0.454 e. The molecule has 26 heavy (non-hydrogen) atoms. The predicted octanol–water partition coefficient (Wildman–Crippen LogP) is 4.56. The fourth-order valence-corrected chi connectivity index (χ4v) is 2.95. The van der Waals surface area contributed by atoms with E-state index in [0.29, 0.717) is 5.82 Å². The normalized spacial score (nSPS) is 12.1. The van der Waals surface area contributed by atoms with Crippen molar-refractivity contribution in [1.82, 2.24) is 9.97 Å². The Kier molecular flexibility index (Phi) is 4.31. The van der Waals surface area contributed by atoms with Crippen molar-refractivity contribution in [2.24, 2.45) is 0 Å². The summed E-state index contributed by atoms with van der Waals surface area (Å²) >= 11 is 0. The number of ether oxygens (including phenoxy) is 2. The third-order valence-electron chi connectivity index (χ3n) is 4.31. The Morgan fingerprint density at radius 2 is 1.77 bits per heavy atom. The Morgan fingerprint density at radius 3 is 2.62 bits per heavy atom. The third kappa shape index (κ3) is 3.26. The molecule has 0 bridgehead atoms. The second-order valence-electron chi connectivity index (χ2n) is 6.07. The van der Waals surface area contributed by atoms with E-state index in [0.717, 1.165) is 35.1 Å². The summed E-state index contributed by atoms with van der Waals surface area (Å²) in [5, 5.41) is 6.70. The van der Waals surface area contributed by atoms with Crippen molar-refractivity contribution < 1.29 is 9.47 Å². The highest BCUT2D eigenvalue weighted by Crippen LogP contribution is 2.35. The number of benzene rings is 2. The van der Waals surface area contributed by atoms with Gasteiger partial charge >= 0.3 is 0 Å². The minimum atomic E-state index is 0.260.